The number of pyridine rings is 1. The quantitative estimate of drug-likeness (QED) is 0.269. The molecule has 0 bridgehead atoms. The molecular weight excluding hydrogens is 546 g/mol. The number of hydrogen-bond donors (Lipinski definition) is 2. The lowest BCUT2D eigenvalue weighted by Crippen LogP contribution is -2.31. The summed E-state index contributed by atoms with van der Waals surface area (Å²) in [7, 11) is -2.85. The lowest BCUT2D eigenvalue weighted by Gasteiger charge is -2.21. The van der Waals surface area contributed by atoms with Gasteiger partial charge in [-0.1, -0.05) is 0 Å². The number of nitrogens with zero attached hydrogens (tertiary/aromatic N) is 4. The summed E-state index contributed by atoms with van der Waals surface area (Å²) >= 11 is 0. The van der Waals surface area contributed by atoms with Crippen molar-refractivity contribution < 1.29 is 35.2 Å². The average Bonchev–Trinajstić information content (AvgIpc) is 2.92. The molecule has 1 aromatic carbocycles. The van der Waals surface area contributed by atoms with Gasteiger partial charge in [-0.2, -0.15) is 18.3 Å². The van der Waals surface area contributed by atoms with E-state index < -0.39 is 66.0 Å². The Morgan fingerprint density at radius 2 is 1.93 bits per heavy atom. The minimum Gasteiger partial charge on any atom is -0.383 e. The fourth-order valence-corrected chi connectivity index (χ4v) is 4.06. The molecule has 3 heterocycles. The number of rotatable bonds is 10. The van der Waals surface area contributed by atoms with E-state index in [1.165, 1.54) is 22.9 Å². The van der Waals surface area contributed by atoms with Crippen LogP contribution < -0.4 is 16.4 Å². The summed E-state index contributed by atoms with van der Waals surface area (Å²) in [5.74, 6) is -1.03. The third kappa shape index (κ3) is 6.30. The Morgan fingerprint density at radius 3 is 2.60 bits per heavy atom. The number of aryl methyl sites for hydroxylation is 1. The van der Waals surface area contributed by atoms with Gasteiger partial charge in [0, 0.05) is 38.2 Å². The number of halogens is 6. The van der Waals surface area contributed by atoms with Gasteiger partial charge in [0.2, 0.25) is 0 Å². The van der Waals surface area contributed by atoms with Crippen LogP contribution in [-0.2, 0) is 17.5 Å². The van der Waals surface area contributed by atoms with Crippen molar-refractivity contribution in [3.05, 3.63) is 80.6 Å². The number of alkyl halides is 5. The molecule has 0 saturated carbocycles. The molecule has 1 atom stereocenters. The zero-order valence-electron chi connectivity index (χ0n) is 23.3. The second-order valence-electron chi connectivity index (χ2n) is 8.65. The predicted octanol–water partition coefficient (Wildman–Crippen LogP) is 4.54. The molecular formula is C25H22F6N6O3. The van der Waals surface area contributed by atoms with Crippen LogP contribution in [0.5, 0.6) is 0 Å². The molecule has 4 aromatic rings. The highest BCUT2D eigenvalue weighted by Crippen LogP contribution is 2.32. The van der Waals surface area contributed by atoms with E-state index in [1.807, 2.05) is 0 Å². The van der Waals surface area contributed by atoms with Crippen LogP contribution in [0.25, 0.3) is 22.2 Å². The van der Waals surface area contributed by atoms with E-state index in [2.05, 4.69) is 20.4 Å². The van der Waals surface area contributed by atoms with Crippen LogP contribution in [0.4, 0.5) is 32.0 Å². The molecule has 2 N–H and O–H groups in total. The molecule has 0 radical (unpaired) electrons. The van der Waals surface area contributed by atoms with Gasteiger partial charge in [0.05, 0.1) is 39.1 Å². The van der Waals surface area contributed by atoms with E-state index in [0.717, 1.165) is 24.7 Å². The van der Waals surface area contributed by atoms with Gasteiger partial charge in [-0.05, 0) is 36.4 Å². The Labute approximate surface area is 226 Å². The zero-order chi connectivity index (χ0) is 31.5. The van der Waals surface area contributed by atoms with Gasteiger partial charge in [-0.15, -0.1) is 0 Å². The number of hydrogen-bond acceptors (Lipinski definition) is 7. The molecule has 15 heteroatoms. The van der Waals surface area contributed by atoms with Crippen LogP contribution in [0.3, 0.4) is 0 Å². The Bertz CT molecular complexity index is 1710. The maximum Gasteiger partial charge on any atom is 0.423 e. The molecule has 1 unspecified atom stereocenters. The summed E-state index contributed by atoms with van der Waals surface area (Å²) in [4.78, 5) is 32.4. The molecule has 3 aromatic heterocycles. The Kier molecular flexibility index (Phi) is 7.34. The molecule has 0 fully saturated rings. The highest BCUT2D eigenvalue weighted by atomic mass is 19.4. The monoisotopic (exact) mass is 571 g/mol. The Balaban J connectivity index is 1.53. The Morgan fingerprint density at radius 1 is 1.18 bits per heavy atom. The van der Waals surface area contributed by atoms with Gasteiger partial charge >= 0.3 is 6.18 Å². The molecule has 212 valence electrons. The lowest BCUT2D eigenvalue weighted by atomic mass is 10.1. The molecule has 9 nitrogen and oxygen atoms in total. The number of nitrogens with one attached hydrogen (secondary N) is 2. The Hall–Kier alpha value is -4.27. The first-order valence-electron chi connectivity index (χ1n) is 13.1. The number of ether oxygens (including phenoxy) is 1. The average molecular weight is 571 g/mol. The van der Waals surface area contributed by atoms with Crippen molar-refractivity contribution in [1.29, 1.82) is 0 Å². The molecule has 0 aliphatic rings. The molecule has 0 saturated heterocycles. The van der Waals surface area contributed by atoms with Crippen molar-refractivity contribution in [1.82, 2.24) is 24.7 Å². The van der Waals surface area contributed by atoms with E-state index in [0.29, 0.717) is 5.39 Å². The molecule has 0 amide bonds. The van der Waals surface area contributed by atoms with E-state index in [-0.39, 0.29) is 36.2 Å². The van der Waals surface area contributed by atoms with Crippen molar-refractivity contribution in [3.63, 3.8) is 0 Å². The first-order chi connectivity index (χ1) is 20.1. The van der Waals surface area contributed by atoms with Crippen molar-refractivity contribution in [3.8, 4) is 11.4 Å². The number of benzene rings is 1. The van der Waals surface area contributed by atoms with E-state index in [1.54, 1.807) is 5.10 Å². The van der Waals surface area contributed by atoms with Crippen LogP contribution in [0, 0.1) is 5.82 Å². The van der Waals surface area contributed by atoms with Gasteiger partial charge in [-0.25, -0.2) is 28.2 Å². The maximum absolute atomic E-state index is 14.9. The van der Waals surface area contributed by atoms with E-state index in [4.69, 9.17) is 8.85 Å². The van der Waals surface area contributed by atoms with Crippen molar-refractivity contribution in [2.75, 3.05) is 19.0 Å². The lowest BCUT2D eigenvalue weighted by molar-refractivity contribution is -0.138. The van der Waals surface area contributed by atoms with Gasteiger partial charge in [0.1, 0.15) is 11.4 Å². The van der Waals surface area contributed by atoms with Crippen LogP contribution in [0.2, 0.25) is 0 Å². The van der Waals surface area contributed by atoms with Gasteiger partial charge in [0.15, 0.2) is 5.82 Å². The van der Waals surface area contributed by atoms with Gasteiger partial charge in [0.25, 0.3) is 17.5 Å². The summed E-state index contributed by atoms with van der Waals surface area (Å²) in [6.07, 6.45) is -3.85. The first kappa shape index (κ1) is 24.7. The number of fused-ring (bicyclic) bond motifs is 1. The SMILES string of the molecule is [2H]C([2H])([2H])OCC(CCCn1ccc2cc(-c3ncc(C(F)F)cn3)c(F)cc2c1=O)Nc1cn[nH]c(=O)c1C(F)(F)F. The van der Waals surface area contributed by atoms with Crippen LogP contribution >= 0.6 is 0 Å². The third-order valence-electron chi connectivity index (χ3n) is 5.96. The minimum absolute atomic E-state index is 0.00203. The highest BCUT2D eigenvalue weighted by Gasteiger charge is 2.37. The van der Waals surface area contributed by atoms with E-state index in [9.17, 15) is 35.9 Å². The summed E-state index contributed by atoms with van der Waals surface area (Å²) in [5, 5.41) is 7.83. The highest BCUT2D eigenvalue weighted by molar-refractivity contribution is 5.85. The second-order valence-corrected chi connectivity index (χ2v) is 8.65. The number of H-pyrrole nitrogens is 1. The van der Waals surface area contributed by atoms with Gasteiger partial charge < -0.3 is 14.6 Å². The molecule has 0 spiro atoms. The zero-order valence-corrected chi connectivity index (χ0v) is 20.3. The molecule has 0 aliphatic heterocycles. The smallest absolute Gasteiger partial charge is 0.383 e. The molecule has 0 aliphatic carbocycles. The molecule has 4 rings (SSSR count). The summed E-state index contributed by atoms with van der Waals surface area (Å²) in [6, 6.07) is 2.71. The fourth-order valence-electron chi connectivity index (χ4n) is 4.06. The predicted molar refractivity (Wildman–Crippen MR) is 133 cm³/mol. The standard InChI is InChI=1S/C25H22F6N6O3/c1-40-12-15(35-19-11-34-36-23(38)20(19)25(29,30)31)3-2-5-37-6-4-13-7-17(18(26)8-16(13)24(37)39)22-32-9-14(10-33-22)21(27)28/h4,6-11,15,21H,2-3,5,12H2,1H3,(H2,35,36,38)/i1D3. The summed E-state index contributed by atoms with van der Waals surface area (Å²) < 4.78 is 109. The van der Waals surface area contributed by atoms with Crippen molar-refractivity contribution >= 4 is 16.5 Å². The van der Waals surface area contributed by atoms with Gasteiger partial charge in [-0.3, -0.25) is 9.59 Å². The third-order valence-corrected chi connectivity index (χ3v) is 5.96. The van der Waals surface area contributed by atoms with Crippen molar-refractivity contribution in [2.45, 2.75) is 38.0 Å². The summed E-state index contributed by atoms with van der Waals surface area (Å²) in [6.45, 7) is -0.566. The minimum atomic E-state index is -5.04. The van der Waals surface area contributed by atoms with Crippen LogP contribution in [-0.4, -0.2) is 44.4 Å². The molecule has 40 heavy (non-hydrogen) atoms. The van der Waals surface area contributed by atoms with Crippen LogP contribution in [0.1, 0.15) is 34.5 Å². The number of aromatic amines is 1. The number of methoxy groups -OCH3 is 1. The topological polar surface area (TPSA) is 115 Å². The first-order valence-corrected chi connectivity index (χ1v) is 11.6. The van der Waals surface area contributed by atoms with E-state index >= 15 is 0 Å². The largest absolute Gasteiger partial charge is 0.423 e. The second kappa shape index (κ2) is 11.9. The number of aromatic nitrogens is 5. The summed E-state index contributed by atoms with van der Waals surface area (Å²) in [5.41, 5.74) is -4.88. The van der Waals surface area contributed by atoms with Crippen LogP contribution in [0.15, 0.2) is 52.6 Å². The normalized spacial score (nSPS) is 14.1. The van der Waals surface area contributed by atoms with Crippen molar-refractivity contribution in [2.24, 2.45) is 0 Å². The maximum atomic E-state index is 14.9. The number of anilines is 1. The fraction of sp³-hybridized carbons (Fsp3) is 0.320.